The highest BCUT2D eigenvalue weighted by atomic mass is 35.5. The van der Waals surface area contributed by atoms with Crippen molar-refractivity contribution >= 4 is 23.2 Å². The highest BCUT2D eigenvalue weighted by Crippen LogP contribution is 2.30. The van der Waals surface area contributed by atoms with Crippen LogP contribution in [0.3, 0.4) is 0 Å². The summed E-state index contributed by atoms with van der Waals surface area (Å²) in [6.45, 7) is 5.51. The number of nitrogens with one attached hydrogen (secondary N) is 3. The molecular weight excluding hydrogens is 312 g/mol. The molecule has 2 rings (SSSR count). The minimum absolute atomic E-state index is 0.112. The molecule has 3 N–H and O–H groups in total. The van der Waals surface area contributed by atoms with Gasteiger partial charge in [-0.1, -0.05) is 37.6 Å². The number of hydrazine groups is 1. The molecule has 1 amide bonds. The highest BCUT2D eigenvalue weighted by molar-refractivity contribution is 6.33. The van der Waals surface area contributed by atoms with E-state index in [2.05, 4.69) is 23.0 Å². The molecule has 0 aliphatic carbocycles. The highest BCUT2D eigenvalue weighted by Gasteiger charge is 2.44. The van der Waals surface area contributed by atoms with E-state index in [-0.39, 0.29) is 5.91 Å². The molecule has 5 nitrogen and oxygen atoms in total. The lowest BCUT2D eigenvalue weighted by atomic mass is 9.96. The van der Waals surface area contributed by atoms with Crippen LogP contribution in [0.4, 0.5) is 5.69 Å². The van der Waals surface area contributed by atoms with Crippen LogP contribution in [0.5, 0.6) is 0 Å². The van der Waals surface area contributed by atoms with Crippen LogP contribution in [0, 0.1) is 0 Å². The van der Waals surface area contributed by atoms with E-state index in [1.807, 2.05) is 38.2 Å². The summed E-state index contributed by atoms with van der Waals surface area (Å²) >= 11 is 6.26. The zero-order valence-electron chi connectivity index (χ0n) is 13.9. The molecule has 1 heterocycles. The Balaban J connectivity index is 1.95. The molecule has 0 bridgehead atoms. The maximum Gasteiger partial charge on any atom is 0.247 e. The average Bonchev–Trinajstić information content (AvgIpc) is 2.86. The number of carbonyl (C=O) groups excluding carboxylic acids is 1. The van der Waals surface area contributed by atoms with Gasteiger partial charge in [0.25, 0.3) is 0 Å². The molecule has 0 fully saturated rings. The summed E-state index contributed by atoms with van der Waals surface area (Å²) < 4.78 is 0. The summed E-state index contributed by atoms with van der Waals surface area (Å²) in [4.78, 5) is 12.6. The fraction of sp³-hybridized carbons (Fsp3) is 0.471. The fourth-order valence-corrected chi connectivity index (χ4v) is 2.99. The van der Waals surface area contributed by atoms with Crippen LogP contribution >= 0.6 is 11.6 Å². The van der Waals surface area contributed by atoms with E-state index in [1.54, 1.807) is 11.2 Å². The molecular formula is C17H25ClN4O. The number of anilines is 1. The van der Waals surface area contributed by atoms with Crippen molar-refractivity contribution in [3.63, 3.8) is 0 Å². The standard InChI is InChI=1S/C17H25ClN4O/c1-4-10-19-14-8-6-13(7-9-14)11-20-16(23)17(5-2)15(18)12-22(3)21-17/h6-9,12,19,21H,4-5,10-11H2,1-3H3,(H,20,23). The maximum atomic E-state index is 12.6. The number of hydrogen-bond donors (Lipinski definition) is 3. The predicted octanol–water partition coefficient (Wildman–Crippen LogP) is 2.80. The first-order valence-corrected chi connectivity index (χ1v) is 8.39. The van der Waals surface area contributed by atoms with Gasteiger partial charge in [0.15, 0.2) is 5.54 Å². The molecule has 0 aromatic heterocycles. The van der Waals surface area contributed by atoms with Crippen LogP contribution in [0.15, 0.2) is 35.5 Å². The molecule has 1 unspecified atom stereocenters. The molecule has 1 aliphatic heterocycles. The van der Waals surface area contributed by atoms with Gasteiger partial charge < -0.3 is 15.6 Å². The Morgan fingerprint density at radius 3 is 2.52 bits per heavy atom. The van der Waals surface area contributed by atoms with Crippen LogP contribution in [-0.2, 0) is 11.3 Å². The first-order chi connectivity index (χ1) is 11.0. The summed E-state index contributed by atoms with van der Waals surface area (Å²) in [5.41, 5.74) is 4.41. The third-order valence-electron chi connectivity index (χ3n) is 3.99. The van der Waals surface area contributed by atoms with Crippen LogP contribution in [-0.4, -0.2) is 30.0 Å². The average molecular weight is 337 g/mol. The molecule has 1 atom stereocenters. The van der Waals surface area contributed by atoms with E-state index in [0.717, 1.165) is 24.2 Å². The first kappa shape index (κ1) is 17.6. The number of amides is 1. The van der Waals surface area contributed by atoms with Crippen molar-refractivity contribution in [3.05, 3.63) is 41.1 Å². The Kier molecular flexibility index (Phi) is 5.91. The first-order valence-electron chi connectivity index (χ1n) is 8.01. The van der Waals surface area contributed by atoms with Crippen LogP contribution in [0.25, 0.3) is 0 Å². The monoisotopic (exact) mass is 336 g/mol. The van der Waals surface area contributed by atoms with Gasteiger partial charge in [-0.15, -0.1) is 0 Å². The molecule has 0 radical (unpaired) electrons. The second-order valence-electron chi connectivity index (χ2n) is 5.77. The lowest BCUT2D eigenvalue weighted by Gasteiger charge is -2.29. The van der Waals surface area contributed by atoms with Crippen LogP contribution < -0.4 is 16.1 Å². The molecule has 1 aromatic rings. The van der Waals surface area contributed by atoms with E-state index in [9.17, 15) is 4.79 Å². The summed E-state index contributed by atoms with van der Waals surface area (Å²) in [7, 11) is 1.83. The Morgan fingerprint density at radius 1 is 1.30 bits per heavy atom. The van der Waals surface area contributed by atoms with Crippen molar-refractivity contribution in [1.82, 2.24) is 15.8 Å². The minimum atomic E-state index is -0.862. The van der Waals surface area contributed by atoms with Crippen molar-refractivity contribution in [1.29, 1.82) is 0 Å². The van der Waals surface area contributed by atoms with Gasteiger partial charge >= 0.3 is 0 Å². The topological polar surface area (TPSA) is 56.4 Å². The van der Waals surface area contributed by atoms with E-state index in [0.29, 0.717) is 18.0 Å². The van der Waals surface area contributed by atoms with Gasteiger partial charge in [0, 0.05) is 32.0 Å². The van der Waals surface area contributed by atoms with Gasteiger partial charge in [-0.05, 0) is 30.5 Å². The molecule has 0 saturated carbocycles. The zero-order chi connectivity index (χ0) is 16.9. The van der Waals surface area contributed by atoms with Crippen LogP contribution in [0.1, 0.15) is 32.3 Å². The quantitative estimate of drug-likeness (QED) is 0.716. The van der Waals surface area contributed by atoms with Gasteiger partial charge in [0.2, 0.25) is 5.91 Å². The molecule has 0 spiro atoms. The van der Waals surface area contributed by atoms with Crippen molar-refractivity contribution in [2.24, 2.45) is 0 Å². The fourth-order valence-electron chi connectivity index (χ4n) is 2.58. The number of halogens is 1. The Morgan fingerprint density at radius 2 is 2.00 bits per heavy atom. The minimum Gasteiger partial charge on any atom is -0.385 e. The van der Waals surface area contributed by atoms with Gasteiger partial charge in [0.05, 0.1) is 5.03 Å². The van der Waals surface area contributed by atoms with E-state index in [4.69, 9.17) is 11.6 Å². The molecule has 6 heteroatoms. The predicted molar refractivity (Wildman–Crippen MR) is 94.9 cm³/mol. The number of rotatable bonds is 7. The summed E-state index contributed by atoms with van der Waals surface area (Å²) in [6, 6.07) is 8.09. The number of nitrogens with zero attached hydrogens (tertiary/aromatic N) is 1. The van der Waals surface area contributed by atoms with Gasteiger partial charge in [-0.3, -0.25) is 4.79 Å². The summed E-state index contributed by atoms with van der Waals surface area (Å²) in [6.07, 6.45) is 3.41. The summed E-state index contributed by atoms with van der Waals surface area (Å²) in [5.74, 6) is -0.112. The SMILES string of the molecule is CCCNc1ccc(CNC(=O)C2(CC)NN(C)C=C2Cl)cc1. The third kappa shape index (κ3) is 3.98. The molecule has 0 saturated heterocycles. The Hall–Kier alpha value is -1.72. The van der Waals surface area contributed by atoms with Crippen molar-refractivity contribution in [2.75, 3.05) is 18.9 Å². The molecule has 126 valence electrons. The van der Waals surface area contributed by atoms with Gasteiger partial charge in [0.1, 0.15) is 0 Å². The summed E-state index contributed by atoms with van der Waals surface area (Å²) in [5, 5.41) is 8.54. The van der Waals surface area contributed by atoms with Crippen molar-refractivity contribution in [3.8, 4) is 0 Å². The van der Waals surface area contributed by atoms with Crippen molar-refractivity contribution < 1.29 is 4.79 Å². The molecule has 23 heavy (non-hydrogen) atoms. The zero-order valence-corrected chi connectivity index (χ0v) is 14.7. The molecule has 1 aliphatic rings. The largest absolute Gasteiger partial charge is 0.385 e. The molecule has 1 aromatic carbocycles. The number of benzene rings is 1. The van der Waals surface area contributed by atoms with Crippen LogP contribution in [0.2, 0.25) is 0 Å². The van der Waals surface area contributed by atoms with E-state index < -0.39 is 5.54 Å². The smallest absolute Gasteiger partial charge is 0.247 e. The van der Waals surface area contributed by atoms with E-state index >= 15 is 0 Å². The number of hydrogen-bond acceptors (Lipinski definition) is 4. The lowest BCUT2D eigenvalue weighted by Crippen LogP contribution is -2.56. The maximum absolute atomic E-state index is 12.6. The second-order valence-corrected chi connectivity index (χ2v) is 6.17. The number of carbonyl (C=O) groups is 1. The van der Waals surface area contributed by atoms with Gasteiger partial charge in [-0.25, -0.2) is 5.43 Å². The second kappa shape index (κ2) is 7.70. The normalized spacial score (nSPS) is 20.3. The van der Waals surface area contributed by atoms with E-state index in [1.165, 1.54) is 0 Å². The Labute approximate surface area is 143 Å². The van der Waals surface area contributed by atoms with Gasteiger partial charge in [-0.2, -0.15) is 0 Å². The van der Waals surface area contributed by atoms with Crippen molar-refractivity contribution in [2.45, 2.75) is 38.8 Å². The Bertz CT molecular complexity index is 572. The third-order valence-corrected chi connectivity index (χ3v) is 4.41. The lowest BCUT2D eigenvalue weighted by molar-refractivity contribution is -0.127.